The molecule has 2 aliphatic rings. The van der Waals surface area contributed by atoms with Crippen LogP contribution in [0.2, 0.25) is 0 Å². The molecular formula is C17H32N4O2. The number of hydrogen-bond donors (Lipinski definition) is 0. The van der Waals surface area contributed by atoms with Crippen LogP contribution >= 0.6 is 0 Å². The van der Waals surface area contributed by atoms with Crippen LogP contribution < -0.4 is 0 Å². The molecule has 0 aromatic heterocycles. The van der Waals surface area contributed by atoms with Gasteiger partial charge in [-0.3, -0.25) is 9.59 Å². The van der Waals surface area contributed by atoms with Crippen molar-refractivity contribution in [2.45, 2.75) is 32.1 Å². The fraction of sp³-hybridized carbons (Fsp3) is 0.882. The molecule has 0 aromatic carbocycles. The summed E-state index contributed by atoms with van der Waals surface area (Å²) in [5.74, 6) is 0.562. The van der Waals surface area contributed by atoms with E-state index in [1.54, 1.807) is 0 Å². The Kier molecular flexibility index (Phi) is 7.30. The van der Waals surface area contributed by atoms with Crippen molar-refractivity contribution in [1.29, 1.82) is 0 Å². The van der Waals surface area contributed by atoms with Gasteiger partial charge >= 0.3 is 0 Å². The highest BCUT2D eigenvalue weighted by Gasteiger charge is 2.19. The lowest BCUT2D eigenvalue weighted by atomic mass is 10.1. The van der Waals surface area contributed by atoms with Crippen molar-refractivity contribution in [3.05, 3.63) is 0 Å². The van der Waals surface area contributed by atoms with E-state index >= 15 is 0 Å². The van der Waals surface area contributed by atoms with Crippen molar-refractivity contribution in [3.63, 3.8) is 0 Å². The highest BCUT2D eigenvalue weighted by Crippen LogP contribution is 2.10. The third-order valence-corrected chi connectivity index (χ3v) is 4.99. The van der Waals surface area contributed by atoms with Gasteiger partial charge in [0.25, 0.3) is 0 Å². The van der Waals surface area contributed by atoms with Gasteiger partial charge in [0.1, 0.15) is 0 Å². The minimum atomic E-state index is 0.281. The quantitative estimate of drug-likeness (QED) is 0.667. The number of hydrogen-bond acceptors (Lipinski definition) is 4. The first kappa shape index (κ1) is 18.2. The van der Waals surface area contributed by atoms with Gasteiger partial charge in [-0.05, 0) is 26.9 Å². The monoisotopic (exact) mass is 324 g/mol. The summed E-state index contributed by atoms with van der Waals surface area (Å²) in [6, 6.07) is 0. The lowest BCUT2D eigenvalue weighted by Gasteiger charge is -2.32. The number of unbranched alkanes of at least 4 members (excludes halogenated alkanes) is 2. The Morgan fingerprint density at radius 2 is 0.957 bits per heavy atom. The van der Waals surface area contributed by atoms with Crippen molar-refractivity contribution < 1.29 is 9.59 Å². The molecule has 2 rings (SSSR count). The maximum Gasteiger partial charge on any atom is 0.222 e. The molecule has 0 radical (unpaired) electrons. The normalized spacial score (nSPS) is 20.8. The number of carbonyl (C=O) groups excluding carboxylic acids is 2. The van der Waals surface area contributed by atoms with Gasteiger partial charge < -0.3 is 19.6 Å². The fourth-order valence-electron chi connectivity index (χ4n) is 3.16. The van der Waals surface area contributed by atoms with E-state index in [1.165, 1.54) is 0 Å². The number of piperazine rings is 2. The minimum absolute atomic E-state index is 0.281. The molecule has 0 saturated carbocycles. The highest BCUT2D eigenvalue weighted by atomic mass is 16.2. The Hall–Kier alpha value is -1.14. The van der Waals surface area contributed by atoms with Crippen LogP contribution in [0.3, 0.4) is 0 Å². The highest BCUT2D eigenvalue weighted by molar-refractivity contribution is 5.76. The molecule has 132 valence electrons. The lowest BCUT2D eigenvalue weighted by molar-refractivity contribution is -0.133. The van der Waals surface area contributed by atoms with Crippen LogP contribution in [0.1, 0.15) is 32.1 Å². The zero-order valence-electron chi connectivity index (χ0n) is 14.8. The molecule has 0 aromatic rings. The Morgan fingerprint density at radius 3 is 1.30 bits per heavy atom. The molecule has 0 bridgehead atoms. The largest absolute Gasteiger partial charge is 0.340 e. The molecule has 0 atom stereocenters. The maximum atomic E-state index is 12.1. The Balaban J connectivity index is 1.52. The summed E-state index contributed by atoms with van der Waals surface area (Å²) in [5.41, 5.74) is 0. The summed E-state index contributed by atoms with van der Waals surface area (Å²) >= 11 is 0. The molecule has 0 aliphatic carbocycles. The van der Waals surface area contributed by atoms with Gasteiger partial charge in [0.05, 0.1) is 0 Å². The van der Waals surface area contributed by atoms with E-state index in [1.807, 2.05) is 9.80 Å². The van der Waals surface area contributed by atoms with Crippen LogP contribution in [0.15, 0.2) is 0 Å². The first-order valence-corrected chi connectivity index (χ1v) is 8.99. The zero-order chi connectivity index (χ0) is 16.7. The van der Waals surface area contributed by atoms with Gasteiger partial charge in [-0.25, -0.2) is 0 Å². The third kappa shape index (κ3) is 6.11. The number of nitrogens with zero attached hydrogens (tertiary/aromatic N) is 4. The molecular weight excluding hydrogens is 292 g/mol. The predicted octanol–water partition coefficient (Wildman–Crippen LogP) is 0.485. The average molecular weight is 324 g/mol. The smallest absolute Gasteiger partial charge is 0.222 e. The Bertz CT molecular complexity index is 350. The van der Waals surface area contributed by atoms with Crippen LogP contribution in [0.4, 0.5) is 0 Å². The average Bonchev–Trinajstić information content (AvgIpc) is 2.55. The maximum absolute atomic E-state index is 12.1. The molecule has 2 amide bonds. The van der Waals surface area contributed by atoms with E-state index < -0.39 is 0 Å². The first-order chi connectivity index (χ1) is 11.1. The topological polar surface area (TPSA) is 47.1 Å². The first-order valence-electron chi connectivity index (χ1n) is 8.99. The van der Waals surface area contributed by atoms with Gasteiger partial charge in [-0.1, -0.05) is 6.42 Å². The Labute approximate surface area is 140 Å². The molecule has 6 heteroatoms. The van der Waals surface area contributed by atoms with Gasteiger partial charge in [0.2, 0.25) is 11.8 Å². The minimum Gasteiger partial charge on any atom is -0.340 e. The third-order valence-electron chi connectivity index (χ3n) is 4.99. The lowest BCUT2D eigenvalue weighted by Crippen LogP contribution is -2.47. The summed E-state index contributed by atoms with van der Waals surface area (Å²) in [6.07, 6.45) is 4.04. The Morgan fingerprint density at radius 1 is 0.609 bits per heavy atom. The zero-order valence-corrected chi connectivity index (χ0v) is 14.8. The van der Waals surface area contributed by atoms with Gasteiger partial charge in [0, 0.05) is 65.2 Å². The van der Waals surface area contributed by atoms with Gasteiger partial charge in [0.15, 0.2) is 0 Å². The van der Waals surface area contributed by atoms with Crippen LogP contribution in [0.25, 0.3) is 0 Å². The molecule has 0 N–H and O–H groups in total. The summed E-state index contributed by atoms with van der Waals surface area (Å²) < 4.78 is 0. The van der Waals surface area contributed by atoms with Crippen molar-refractivity contribution in [2.75, 3.05) is 66.5 Å². The predicted molar refractivity (Wildman–Crippen MR) is 91.2 cm³/mol. The summed E-state index contributed by atoms with van der Waals surface area (Å²) in [4.78, 5) is 32.7. The van der Waals surface area contributed by atoms with E-state index in [-0.39, 0.29) is 11.8 Å². The number of amides is 2. The van der Waals surface area contributed by atoms with Crippen molar-refractivity contribution in [3.8, 4) is 0 Å². The van der Waals surface area contributed by atoms with Crippen LogP contribution in [0.5, 0.6) is 0 Å². The van der Waals surface area contributed by atoms with Crippen molar-refractivity contribution >= 4 is 11.8 Å². The second-order valence-electron chi connectivity index (χ2n) is 6.93. The van der Waals surface area contributed by atoms with Crippen molar-refractivity contribution in [2.24, 2.45) is 0 Å². The molecule has 2 saturated heterocycles. The van der Waals surface area contributed by atoms with E-state index in [0.29, 0.717) is 12.8 Å². The summed E-state index contributed by atoms with van der Waals surface area (Å²) in [5, 5.41) is 0. The molecule has 0 unspecified atom stereocenters. The summed E-state index contributed by atoms with van der Waals surface area (Å²) in [7, 11) is 4.19. The van der Waals surface area contributed by atoms with E-state index in [0.717, 1.165) is 71.6 Å². The van der Waals surface area contributed by atoms with Crippen LogP contribution in [0, 0.1) is 0 Å². The fourth-order valence-corrected chi connectivity index (χ4v) is 3.16. The second kappa shape index (κ2) is 9.23. The number of carbonyl (C=O) groups is 2. The van der Waals surface area contributed by atoms with Crippen LogP contribution in [-0.4, -0.2) is 97.9 Å². The van der Waals surface area contributed by atoms with Crippen LogP contribution in [-0.2, 0) is 9.59 Å². The van der Waals surface area contributed by atoms with Crippen molar-refractivity contribution in [1.82, 2.24) is 19.6 Å². The molecule has 6 nitrogen and oxygen atoms in total. The number of rotatable bonds is 6. The number of likely N-dealkylation sites (N-methyl/N-ethyl adjacent to an activating group) is 2. The SMILES string of the molecule is CN1CCN(C(=O)CCCCCC(=O)N2CCN(C)CC2)CC1. The van der Waals surface area contributed by atoms with E-state index in [4.69, 9.17) is 0 Å². The van der Waals surface area contributed by atoms with Gasteiger partial charge in [-0.15, -0.1) is 0 Å². The molecule has 0 spiro atoms. The molecule has 2 aliphatic heterocycles. The second-order valence-corrected chi connectivity index (χ2v) is 6.93. The summed E-state index contributed by atoms with van der Waals surface area (Å²) in [6.45, 7) is 7.34. The molecule has 2 heterocycles. The molecule has 23 heavy (non-hydrogen) atoms. The molecule has 2 fully saturated rings. The van der Waals surface area contributed by atoms with Gasteiger partial charge in [-0.2, -0.15) is 0 Å². The van der Waals surface area contributed by atoms with E-state index in [9.17, 15) is 9.59 Å². The standard InChI is InChI=1S/C17H32N4O2/c1-18-8-12-20(13-9-18)16(22)6-4-3-5-7-17(23)21-14-10-19(2)11-15-21/h3-15H2,1-2H3. The van der Waals surface area contributed by atoms with E-state index in [2.05, 4.69) is 23.9 Å².